The highest BCUT2D eigenvalue weighted by Crippen LogP contribution is 1.94. The molecular formula is C8H17NO4S. The minimum atomic E-state index is -3.18. The molecule has 0 atom stereocenters. The van der Waals surface area contributed by atoms with Gasteiger partial charge in [-0.15, -0.1) is 0 Å². The van der Waals surface area contributed by atoms with E-state index in [0.29, 0.717) is 12.8 Å². The summed E-state index contributed by atoms with van der Waals surface area (Å²) in [6.45, 7) is 2.12. The molecule has 0 fully saturated rings. The van der Waals surface area contributed by atoms with Crippen molar-refractivity contribution in [2.45, 2.75) is 32.6 Å². The lowest BCUT2D eigenvalue weighted by molar-refractivity contribution is -0.137. The molecule has 0 aromatic carbocycles. The van der Waals surface area contributed by atoms with Gasteiger partial charge < -0.3 is 5.11 Å². The molecule has 0 amide bonds. The lowest BCUT2D eigenvalue weighted by Gasteiger charge is -2.04. The molecule has 0 radical (unpaired) electrons. The smallest absolute Gasteiger partial charge is 0.303 e. The van der Waals surface area contributed by atoms with E-state index in [9.17, 15) is 13.2 Å². The predicted octanol–water partition coefficient (Wildman–Crippen LogP) is 0.571. The van der Waals surface area contributed by atoms with Crippen molar-refractivity contribution in [2.75, 3.05) is 12.3 Å². The largest absolute Gasteiger partial charge is 0.481 e. The van der Waals surface area contributed by atoms with Crippen LogP contribution in [-0.4, -0.2) is 31.8 Å². The molecular weight excluding hydrogens is 206 g/mol. The molecule has 14 heavy (non-hydrogen) atoms. The summed E-state index contributed by atoms with van der Waals surface area (Å²) < 4.78 is 24.7. The van der Waals surface area contributed by atoms with Crippen LogP contribution in [0.2, 0.25) is 0 Å². The van der Waals surface area contributed by atoms with E-state index in [1.165, 1.54) is 0 Å². The van der Waals surface area contributed by atoms with Gasteiger partial charge in [-0.2, -0.15) is 0 Å². The van der Waals surface area contributed by atoms with Crippen molar-refractivity contribution in [3.63, 3.8) is 0 Å². The Morgan fingerprint density at radius 1 is 1.36 bits per heavy atom. The Balaban J connectivity index is 3.61. The highest BCUT2D eigenvalue weighted by Gasteiger charge is 2.08. The Bertz CT molecular complexity index is 261. The SMILES string of the molecule is CCCCS(=O)(=O)NCCCC(=O)O. The van der Waals surface area contributed by atoms with Gasteiger partial charge in [0.1, 0.15) is 0 Å². The van der Waals surface area contributed by atoms with Crippen LogP contribution in [0, 0.1) is 0 Å². The van der Waals surface area contributed by atoms with Crippen LogP contribution in [0.5, 0.6) is 0 Å². The molecule has 0 bridgehead atoms. The van der Waals surface area contributed by atoms with Gasteiger partial charge in [-0.25, -0.2) is 13.1 Å². The zero-order valence-electron chi connectivity index (χ0n) is 8.32. The summed E-state index contributed by atoms with van der Waals surface area (Å²) in [4.78, 5) is 10.1. The van der Waals surface area contributed by atoms with Crippen LogP contribution in [0.3, 0.4) is 0 Å². The Labute approximate surface area is 84.6 Å². The van der Waals surface area contributed by atoms with Gasteiger partial charge in [0.2, 0.25) is 10.0 Å². The van der Waals surface area contributed by atoms with Crippen molar-refractivity contribution in [1.82, 2.24) is 4.72 Å². The summed E-state index contributed by atoms with van der Waals surface area (Å²) in [5.74, 6) is -0.783. The maximum atomic E-state index is 11.2. The minimum absolute atomic E-state index is 0.00367. The molecule has 84 valence electrons. The molecule has 0 heterocycles. The second kappa shape index (κ2) is 6.78. The number of sulfonamides is 1. The maximum Gasteiger partial charge on any atom is 0.303 e. The van der Waals surface area contributed by atoms with E-state index in [1.54, 1.807) is 0 Å². The summed E-state index contributed by atoms with van der Waals surface area (Å²) in [6, 6.07) is 0. The van der Waals surface area contributed by atoms with E-state index in [4.69, 9.17) is 5.11 Å². The number of carbonyl (C=O) groups is 1. The van der Waals surface area contributed by atoms with Crippen molar-refractivity contribution in [3.8, 4) is 0 Å². The molecule has 2 N–H and O–H groups in total. The summed E-state index contributed by atoms with van der Waals surface area (Å²) in [6.07, 6.45) is 1.79. The molecule has 5 nitrogen and oxygen atoms in total. The zero-order chi connectivity index (χ0) is 11.0. The summed E-state index contributed by atoms with van der Waals surface area (Å²) >= 11 is 0. The minimum Gasteiger partial charge on any atom is -0.481 e. The van der Waals surface area contributed by atoms with Gasteiger partial charge in [0, 0.05) is 13.0 Å². The maximum absolute atomic E-state index is 11.2. The number of hydrogen-bond acceptors (Lipinski definition) is 3. The zero-order valence-corrected chi connectivity index (χ0v) is 9.14. The Kier molecular flexibility index (Phi) is 6.48. The summed E-state index contributed by atoms with van der Waals surface area (Å²) in [5, 5.41) is 8.31. The van der Waals surface area contributed by atoms with E-state index in [1.807, 2.05) is 6.92 Å². The number of hydrogen-bond donors (Lipinski definition) is 2. The van der Waals surface area contributed by atoms with Crippen LogP contribution >= 0.6 is 0 Å². The second-order valence-electron chi connectivity index (χ2n) is 3.06. The molecule has 0 aliphatic heterocycles. The van der Waals surface area contributed by atoms with Crippen LogP contribution in [-0.2, 0) is 14.8 Å². The summed E-state index contributed by atoms with van der Waals surface area (Å²) in [7, 11) is -3.18. The molecule has 0 aromatic heterocycles. The first-order chi connectivity index (χ1) is 6.48. The lowest BCUT2D eigenvalue weighted by atomic mass is 10.3. The van der Waals surface area contributed by atoms with E-state index >= 15 is 0 Å². The van der Waals surface area contributed by atoms with Gasteiger partial charge in [0.25, 0.3) is 0 Å². The van der Waals surface area contributed by atoms with Crippen LogP contribution < -0.4 is 4.72 Å². The molecule has 0 unspecified atom stereocenters. The van der Waals surface area contributed by atoms with E-state index in [2.05, 4.69) is 4.72 Å². The van der Waals surface area contributed by atoms with E-state index < -0.39 is 16.0 Å². The first kappa shape index (κ1) is 13.4. The van der Waals surface area contributed by atoms with Gasteiger partial charge in [-0.05, 0) is 12.8 Å². The van der Waals surface area contributed by atoms with Gasteiger partial charge >= 0.3 is 5.97 Å². The molecule has 0 aromatic rings. The number of carboxylic acid groups (broad SMARTS) is 1. The molecule has 0 saturated heterocycles. The fourth-order valence-electron chi connectivity index (χ4n) is 0.874. The number of aliphatic carboxylic acids is 1. The second-order valence-corrected chi connectivity index (χ2v) is 4.99. The van der Waals surface area contributed by atoms with Crippen molar-refractivity contribution in [3.05, 3.63) is 0 Å². The fourth-order valence-corrected chi connectivity index (χ4v) is 2.14. The lowest BCUT2D eigenvalue weighted by Crippen LogP contribution is -2.27. The van der Waals surface area contributed by atoms with Crippen LogP contribution in [0.1, 0.15) is 32.6 Å². The van der Waals surface area contributed by atoms with Gasteiger partial charge in [0.05, 0.1) is 5.75 Å². The molecule has 0 rings (SSSR count). The van der Waals surface area contributed by atoms with E-state index in [0.717, 1.165) is 6.42 Å². The Morgan fingerprint density at radius 2 is 2.00 bits per heavy atom. The third-order valence-corrected chi connectivity index (χ3v) is 3.13. The van der Waals surface area contributed by atoms with Gasteiger partial charge in [-0.3, -0.25) is 4.79 Å². The van der Waals surface area contributed by atoms with Crippen LogP contribution in [0.25, 0.3) is 0 Å². The Morgan fingerprint density at radius 3 is 2.50 bits per heavy atom. The quantitative estimate of drug-likeness (QED) is 0.589. The normalized spacial score (nSPS) is 11.5. The number of carboxylic acids is 1. The van der Waals surface area contributed by atoms with Crippen molar-refractivity contribution in [1.29, 1.82) is 0 Å². The molecule has 6 heteroatoms. The van der Waals surface area contributed by atoms with Crippen molar-refractivity contribution >= 4 is 16.0 Å². The molecule has 0 aliphatic carbocycles. The third-order valence-electron chi connectivity index (χ3n) is 1.66. The highest BCUT2D eigenvalue weighted by atomic mass is 32.2. The van der Waals surface area contributed by atoms with Gasteiger partial charge in [-0.1, -0.05) is 13.3 Å². The van der Waals surface area contributed by atoms with Crippen LogP contribution in [0.4, 0.5) is 0 Å². The topological polar surface area (TPSA) is 83.5 Å². The van der Waals surface area contributed by atoms with Crippen molar-refractivity contribution in [2.24, 2.45) is 0 Å². The third kappa shape index (κ3) is 8.00. The first-order valence-electron chi connectivity index (χ1n) is 4.67. The predicted molar refractivity (Wildman–Crippen MR) is 53.6 cm³/mol. The standard InChI is InChI=1S/C8H17NO4S/c1-2-3-7-14(12,13)9-6-4-5-8(10)11/h9H,2-7H2,1H3,(H,10,11). The number of nitrogens with one attached hydrogen (secondary N) is 1. The fraction of sp³-hybridized carbons (Fsp3) is 0.875. The first-order valence-corrected chi connectivity index (χ1v) is 6.32. The van der Waals surface area contributed by atoms with Gasteiger partial charge in [0.15, 0.2) is 0 Å². The Hall–Kier alpha value is -0.620. The number of unbranched alkanes of at least 4 members (excludes halogenated alkanes) is 1. The van der Waals surface area contributed by atoms with Crippen molar-refractivity contribution < 1.29 is 18.3 Å². The summed E-state index contributed by atoms with van der Waals surface area (Å²) in [5.41, 5.74) is 0. The highest BCUT2D eigenvalue weighted by molar-refractivity contribution is 7.89. The monoisotopic (exact) mass is 223 g/mol. The molecule has 0 aliphatic rings. The van der Waals surface area contributed by atoms with E-state index in [-0.39, 0.29) is 18.7 Å². The average Bonchev–Trinajstić information content (AvgIpc) is 2.09. The molecule has 0 spiro atoms. The average molecular weight is 223 g/mol. The van der Waals surface area contributed by atoms with Crippen LogP contribution in [0.15, 0.2) is 0 Å². The number of rotatable bonds is 8. The molecule has 0 saturated carbocycles.